The summed E-state index contributed by atoms with van der Waals surface area (Å²) in [5.41, 5.74) is 0. The molecule has 58 valence electrons. The van der Waals surface area contributed by atoms with Crippen molar-refractivity contribution >= 4 is 60.7 Å². The molecule has 0 aromatic carbocycles. The average molecular weight is 214 g/mol. The molecule has 0 aromatic rings. The minimum absolute atomic E-state index is 0.481. The molecule has 0 radical (unpaired) electrons. The Morgan fingerprint density at radius 2 is 1.10 bits per heavy atom. The predicted molar refractivity (Wildman–Crippen MR) is 53.5 cm³/mol. The maximum atomic E-state index is 10.4. The van der Waals surface area contributed by atoms with Crippen molar-refractivity contribution in [3.63, 3.8) is 0 Å². The molecule has 0 N–H and O–H groups in total. The van der Waals surface area contributed by atoms with Crippen LogP contribution in [-0.4, -0.2) is 20.7 Å². The van der Waals surface area contributed by atoms with Crippen LogP contribution >= 0.6 is 50.5 Å². The summed E-state index contributed by atoms with van der Waals surface area (Å²) in [6.45, 7) is 0. The van der Waals surface area contributed by atoms with E-state index in [1.54, 1.807) is 0 Å². The Morgan fingerprint density at radius 3 is 1.20 bits per heavy atom. The Hall–Kier alpha value is 0.740. The average Bonchev–Trinajstić information content (AvgIpc) is 1.84. The molecule has 0 aromatic heterocycles. The van der Waals surface area contributed by atoms with Crippen LogP contribution < -0.4 is 0 Å². The van der Waals surface area contributed by atoms with Gasteiger partial charge in [-0.15, -0.1) is 25.3 Å². The van der Waals surface area contributed by atoms with Crippen molar-refractivity contribution in [2.24, 2.45) is 0 Å². The van der Waals surface area contributed by atoms with E-state index in [2.05, 4.69) is 50.5 Å². The third kappa shape index (κ3) is 3.23. The van der Waals surface area contributed by atoms with E-state index < -0.39 is 20.7 Å². The molecule has 0 saturated carbocycles. The topological polar surface area (TPSA) is 34.1 Å². The molecule has 2 nitrogen and oxygen atoms in total. The zero-order chi connectivity index (χ0) is 8.31. The van der Waals surface area contributed by atoms with Crippen LogP contribution in [0.25, 0.3) is 0 Å². The summed E-state index contributed by atoms with van der Waals surface area (Å²) in [5, 5.41) is -2.52. The van der Waals surface area contributed by atoms with Crippen LogP contribution in [0.5, 0.6) is 0 Å². The first-order valence-electron chi connectivity index (χ1n) is 2.28. The van der Waals surface area contributed by atoms with Crippen LogP contribution in [0, 0.1) is 0 Å². The molecule has 10 heavy (non-hydrogen) atoms. The summed E-state index contributed by atoms with van der Waals surface area (Å²) >= 11 is 14.5. The van der Waals surface area contributed by atoms with Gasteiger partial charge in [-0.3, -0.25) is 9.59 Å². The first-order valence-corrected chi connectivity index (χ1v) is 4.21. The van der Waals surface area contributed by atoms with Gasteiger partial charge in [-0.25, -0.2) is 0 Å². The van der Waals surface area contributed by atoms with Gasteiger partial charge in [-0.1, -0.05) is 0 Å². The zero-order valence-electron chi connectivity index (χ0n) is 4.76. The van der Waals surface area contributed by atoms with E-state index in [1.165, 1.54) is 0 Å². The van der Waals surface area contributed by atoms with Crippen LogP contribution in [0.15, 0.2) is 0 Å². The number of thiol groups is 4. The van der Waals surface area contributed by atoms with Gasteiger partial charge in [0.15, 0.2) is 10.2 Å². The summed E-state index contributed by atoms with van der Waals surface area (Å²) in [4.78, 5) is 20.9. The lowest BCUT2D eigenvalue weighted by molar-refractivity contribution is -0.114. The maximum Gasteiger partial charge on any atom is 0.200 e. The first-order chi connectivity index (χ1) is 4.46. The smallest absolute Gasteiger partial charge is 0.200 e. The van der Waals surface area contributed by atoms with Crippen LogP contribution in [0.4, 0.5) is 0 Å². The van der Waals surface area contributed by atoms with Crippen LogP contribution in [-0.2, 0) is 9.59 Å². The van der Waals surface area contributed by atoms with Gasteiger partial charge < -0.3 is 0 Å². The van der Waals surface area contributed by atoms with E-state index in [9.17, 15) is 9.59 Å². The second-order valence-electron chi connectivity index (χ2n) is 1.57. The van der Waals surface area contributed by atoms with Gasteiger partial charge in [0.05, 0.1) is 10.5 Å². The SMILES string of the molecule is O=C(S)C(S)C(S)C(=O)S. The zero-order valence-corrected chi connectivity index (χ0v) is 8.34. The van der Waals surface area contributed by atoms with Gasteiger partial charge >= 0.3 is 0 Å². The van der Waals surface area contributed by atoms with Gasteiger partial charge in [0.1, 0.15) is 0 Å². The van der Waals surface area contributed by atoms with Crippen molar-refractivity contribution < 1.29 is 9.59 Å². The number of carbonyl (C=O) groups excluding carboxylic acids is 2. The van der Waals surface area contributed by atoms with Gasteiger partial charge in [0, 0.05) is 0 Å². The molecule has 0 rings (SSSR count). The Labute approximate surface area is 80.8 Å². The third-order valence-electron chi connectivity index (χ3n) is 0.805. The highest BCUT2D eigenvalue weighted by atomic mass is 32.1. The van der Waals surface area contributed by atoms with Crippen LogP contribution in [0.3, 0.4) is 0 Å². The molecular formula is C4H6O2S4. The van der Waals surface area contributed by atoms with Crippen LogP contribution in [0.1, 0.15) is 0 Å². The molecule has 0 fully saturated rings. The molecule has 0 heterocycles. The molecule has 0 amide bonds. The molecule has 0 aliphatic rings. The van der Waals surface area contributed by atoms with Gasteiger partial charge in [0.25, 0.3) is 0 Å². The number of hydrogen-bond donors (Lipinski definition) is 4. The number of rotatable bonds is 3. The Bertz CT molecular complexity index is 139. The number of carbonyl (C=O) groups is 2. The van der Waals surface area contributed by atoms with Gasteiger partial charge in [-0.2, -0.15) is 25.3 Å². The summed E-state index contributed by atoms with van der Waals surface area (Å²) < 4.78 is 0. The molecule has 0 aliphatic carbocycles. The molecular weight excluding hydrogens is 208 g/mol. The third-order valence-corrected chi connectivity index (χ3v) is 3.07. The molecule has 0 spiro atoms. The van der Waals surface area contributed by atoms with Gasteiger partial charge in [0.2, 0.25) is 0 Å². The highest BCUT2D eigenvalue weighted by Crippen LogP contribution is 2.14. The second-order valence-corrected chi connectivity index (χ2v) is 3.56. The van der Waals surface area contributed by atoms with Gasteiger partial charge in [-0.05, 0) is 0 Å². The fourth-order valence-corrected chi connectivity index (χ4v) is 1.07. The minimum Gasteiger partial charge on any atom is -0.286 e. The first kappa shape index (κ1) is 10.7. The largest absolute Gasteiger partial charge is 0.286 e. The molecule has 0 bridgehead atoms. The van der Waals surface area contributed by atoms with Crippen molar-refractivity contribution in [3.8, 4) is 0 Å². The van der Waals surface area contributed by atoms with Crippen LogP contribution in [0.2, 0.25) is 0 Å². The van der Waals surface area contributed by atoms with Crippen molar-refractivity contribution in [1.29, 1.82) is 0 Å². The summed E-state index contributed by atoms with van der Waals surface area (Å²) in [6, 6.07) is 0. The Balaban J connectivity index is 4.07. The second kappa shape index (κ2) is 4.58. The Kier molecular flexibility index (Phi) is 4.92. The minimum atomic E-state index is -0.781. The van der Waals surface area contributed by atoms with E-state index in [0.29, 0.717) is 0 Å². The molecule has 0 aliphatic heterocycles. The lowest BCUT2D eigenvalue weighted by Crippen LogP contribution is -2.26. The summed E-state index contributed by atoms with van der Waals surface area (Å²) in [6.07, 6.45) is 0. The normalized spacial score (nSPS) is 16.0. The predicted octanol–water partition coefficient (Wildman–Crippen LogP) is 0.496. The highest BCUT2D eigenvalue weighted by Gasteiger charge is 2.23. The van der Waals surface area contributed by atoms with Crippen molar-refractivity contribution in [1.82, 2.24) is 0 Å². The van der Waals surface area contributed by atoms with Crippen molar-refractivity contribution in [3.05, 3.63) is 0 Å². The fraction of sp³-hybridized carbons (Fsp3) is 0.500. The molecule has 2 unspecified atom stereocenters. The Morgan fingerprint density at radius 1 is 0.900 bits per heavy atom. The number of hydrogen-bond acceptors (Lipinski definition) is 4. The summed E-state index contributed by atoms with van der Waals surface area (Å²) in [7, 11) is 0. The maximum absolute atomic E-state index is 10.4. The summed E-state index contributed by atoms with van der Waals surface area (Å²) in [5.74, 6) is 0. The lowest BCUT2D eigenvalue weighted by Gasteiger charge is -2.09. The van der Waals surface area contributed by atoms with E-state index in [1.807, 2.05) is 0 Å². The molecule has 0 saturated heterocycles. The molecule has 2 atom stereocenters. The van der Waals surface area contributed by atoms with Crippen molar-refractivity contribution in [2.75, 3.05) is 0 Å². The van der Waals surface area contributed by atoms with E-state index in [4.69, 9.17) is 0 Å². The van der Waals surface area contributed by atoms with E-state index in [-0.39, 0.29) is 0 Å². The standard InChI is InChI=1S/C4H6O2S4/c5-3(9)1(7)2(8)4(6)10/h1-2,7-8H,(H,5,9)(H,6,10). The quantitative estimate of drug-likeness (QED) is 0.516. The molecule has 6 heteroatoms. The lowest BCUT2D eigenvalue weighted by atomic mass is 10.3. The van der Waals surface area contributed by atoms with Crippen molar-refractivity contribution in [2.45, 2.75) is 10.5 Å². The highest BCUT2D eigenvalue weighted by molar-refractivity contribution is 8.01. The van der Waals surface area contributed by atoms with E-state index >= 15 is 0 Å². The monoisotopic (exact) mass is 214 g/mol. The fourth-order valence-electron chi connectivity index (χ4n) is 0.270. The van der Waals surface area contributed by atoms with E-state index in [0.717, 1.165) is 0 Å².